The van der Waals surface area contributed by atoms with Crippen LogP contribution in [-0.4, -0.2) is 81.3 Å². The second-order valence-electron chi connectivity index (χ2n) is 3.41. The van der Waals surface area contributed by atoms with Gasteiger partial charge in [0, 0.05) is 0 Å². The van der Waals surface area contributed by atoms with Crippen LogP contribution in [0.25, 0.3) is 0 Å². The van der Waals surface area contributed by atoms with Gasteiger partial charge in [0.15, 0.2) is 6.10 Å². The van der Waals surface area contributed by atoms with Crippen LogP contribution < -0.4 is 0 Å². The molecule has 0 aromatic rings. The van der Waals surface area contributed by atoms with Crippen LogP contribution in [0.2, 0.25) is 0 Å². The molecule has 0 saturated heterocycles. The molecule has 0 fully saturated rings. The minimum atomic E-state index is -1.14. The molecule has 0 aliphatic carbocycles. The number of ether oxygens (including phenoxy) is 1. The average Bonchev–Trinajstić information content (AvgIpc) is 2.42. The van der Waals surface area contributed by atoms with Crippen molar-refractivity contribution in [3.05, 3.63) is 0 Å². The van der Waals surface area contributed by atoms with Gasteiger partial charge in [-0.2, -0.15) is 0 Å². The molecule has 0 aromatic heterocycles. The molecule has 0 aromatic carbocycles. The Bertz CT molecular complexity index is 194. The van der Waals surface area contributed by atoms with E-state index in [-0.39, 0.29) is 26.2 Å². The Morgan fingerprint density at radius 1 is 1.00 bits per heavy atom. The van der Waals surface area contributed by atoms with Gasteiger partial charge >= 0.3 is 5.97 Å². The standard InChI is InChI=1S/C7H14O5.C3H8O3/c1-2-6(10)7(11)12-4-5(9)3-8;4-1-3(6)2-5/h5-6,8-10H,2-4H2,1H3;3-6H,1-2H2. The summed E-state index contributed by atoms with van der Waals surface area (Å²) in [6, 6.07) is 0. The summed E-state index contributed by atoms with van der Waals surface area (Å²) in [6.45, 7) is 0.156. The lowest BCUT2D eigenvalue weighted by atomic mass is 10.3. The molecular formula is C10H22O8. The molecule has 0 bridgehead atoms. The molecular weight excluding hydrogens is 248 g/mol. The number of esters is 1. The van der Waals surface area contributed by atoms with E-state index < -0.39 is 30.9 Å². The topological polar surface area (TPSA) is 148 Å². The van der Waals surface area contributed by atoms with E-state index in [2.05, 4.69) is 4.74 Å². The van der Waals surface area contributed by atoms with Crippen molar-refractivity contribution >= 4 is 5.97 Å². The Balaban J connectivity index is 0. The Labute approximate surface area is 105 Å². The summed E-state index contributed by atoms with van der Waals surface area (Å²) in [4.78, 5) is 10.7. The zero-order valence-corrected chi connectivity index (χ0v) is 10.3. The number of hydrogen-bond acceptors (Lipinski definition) is 8. The van der Waals surface area contributed by atoms with E-state index >= 15 is 0 Å². The van der Waals surface area contributed by atoms with Crippen molar-refractivity contribution in [2.45, 2.75) is 31.7 Å². The van der Waals surface area contributed by atoms with E-state index in [1.165, 1.54) is 0 Å². The first-order chi connectivity index (χ1) is 8.42. The SMILES string of the molecule is CCC(O)C(=O)OCC(O)CO.OCC(O)CO. The normalized spacial score (nSPS) is 13.6. The summed E-state index contributed by atoms with van der Waals surface area (Å²) in [5, 5.41) is 50.0. The molecule has 0 radical (unpaired) electrons. The van der Waals surface area contributed by atoms with Crippen LogP contribution in [-0.2, 0) is 9.53 Å². The summed E-state index contributed by atoms with van der Waals surface area (Å²) in [7, 11) is 0. The number of carbonyl (C=O) groups excluding carboxylic acids is 1. The van der Waals surface area contributed by atoms with E-state index in [1.54, 1.807) is 6.92 Å². The zero-order chi connectivity index (χ0) is 14.6. The molecule has 6 N–H and O–H groups in total. The lowest BCUT2D eigenvalue weighted by molar-refractivity contribution is -0.157. The molecule has 0 heterocycles. The Morgan fingerprint density at radius 3 is 1.72 bits per heavy atom. The lowest BCUT2D eigenvalue weighted by Gasteiger charge is -2.10. The average molecular weight is 270 g/mol. The summed E-state index contributed by atoms with van der Waals surface area (Å²) in [5.74, 6) is -0.773. The van der Waals surface area contributed by atoms with Crippen LogP contribution in [0.5, 0.6) is 0 Å². The van der Waals surface area contributed by atoms with Crippen LogP contribution in [0.1, 0.15) is 13.3 Å². The van der Waals surface area contributed by atoms with Gasteiger partial charge in [0.1, 0.15) is 18.8 Å². The van der Waals surface area contributed by atoms with Crippen molar-refractivity contribution in [2.75, 3.05) is 26.4 Å². The molecule has 110 valence electrons. The van der Waals surface area contributed by atoms with Gasteiger partial charge in [-0.05, 0) is 6.42 Å². The highest BCUT2D eigenvalue weighted by molar-refractivity contribution is 5.74. The largest absolute Gasteiger partial charge is 0.461 e. The molecule has 2 unspecified atom stereocenters. The molecule has 0 amide bonds. The van der Waals surface area contributed by atoms with Crippen LogP contribution in [0.15, 0.2) is 0 Å². The number of aliphatic hydroxyl groups excluding tert-OH is 6. The van der Waals surface area contributed by atoms with Crippen LogP contribution in [0, 0.1) is 0 Å². The van der Waals surface area contributed by atoms with Crippen molar-refractivity contribution < 1.29 is 40.2 Å². The van der Waals surface area contributed by atoms with Gasteiger partial charge in [-0.15, -0.1) is 0 Å². The van der Waals surface area contributed by atoms with E-state index in [4.69, 9.17) is 30.6 Å². The molecule has 0 spiro atoms. The van der Waals surface area contributed by atoms with E-state index in [0.29, 0.717) is 0 Å². The molecule has 18 heavy (non-hydrogen) atoms. The molecule has 2 atom stereocenters. The fourth-order valence-electron chi connectivity index (χ4n) is 0.552. The molecule has 8 nitrogen and oxygen atoms in total. The minimum absolute atomic E-state index is 0.272. The summed E-state index contributed by atoms with van der Waals surface area (Å²) < 4.78 is 4.45. The fraction of sp³-hybridized carbons (Fsp3) is 0.900. The van der Waals surface area contributed by atoms with Crippen molar-refractivity contribution in [2.24, 2.45) is 0 Å². The van der Waals surface area contributed by atoms with E-state index in [0.717, 1.165) is 0 Å². The third kappa shape index (κ3) is 11.7. The fourth-order valence-corrected chi connectivity index (χ4v) is 0.552. The molecule has 0 rings (SSSR count). The van der Waals surface area contributed by atoms with Crippen LogP contribution in [0.3, 0.4) is 0 Å². The molecule has 0 saturated carbocycles. The summed E-state index contributed by atoms with van der Waals surface area (Å²) in [6.07, 6.45) is -2.90. The second kappa shape index (κ2) is 12.7. The van der Waals surface area contributed by atoms with Crippen LogP contribution in [0.4, 0.5) is 0 Å². The maximum Gasteiger partial charge on any atom is 0.335 e. The quantitative estimate of drug-likeness (QED) is 0.268. The highest BCUT2D eigenvalue weighted by Crippen LogP contribution is 1.94. The van der Waals surface area contributed by atoms with Crippen molar-refractivity contribution in [1.82, 2.24) is 0 Å². The first kappa shape index (κ1) is 19.6. The minimum Gasteiger partial charge on any atom is -0.461 e. The molecule has 0 aliphatic rings. The summed E-state index contributed by atoms with van der Waals surface area (Å²) in [5.41, 5.74) is 0. The van der Waals surface area contributed by atoms with Crippen molar-refractivity contribution in [3.63, 3.8) is 0 Å². The monoisotopic (exact) mass is 270 g/mol. The van der Waals surface area contributed by atoms with Crippen molar-refractivity contribution in [3.8, 4) is 0 Å². The molecule has 0 aliphatic heterocycles. The highest BCUT2D eigenvalue weighted by Gasteiger charge is 2.15. The van der Waals surface area contributed by atoms with Crippen LogP contribution >= 0.6 is 0 Å². The van der Waals surface area contributed by atoms with Crippen molar-refractivity contribution in [1.29, 1.82) is 0 Å². The maximum atomic E-state index is 10.7. The van der Waals surface area contributed by atoms with Gasteiger partial charge in [-0.25, -0.2) is 4.79 Å². The number of rotatable bonds is 7. The third-order valence-corrected chi connectivity index (χ3v) is 1.71. The first-order valence-electron chi connectivity index (χ1n) is 5.46. The number of hydrogen-bond donors (Lipinski definition) is 6. The Kier molecular flexibility index (Phi) is 13.8. The Morgan fingerprint density at radius 2 is 1.44 bits per heavy atom. The van der Waals surface area contributed by atoms with Gasteiger partial charge in [-0.3, -0.25) is 0 Å². The van der Waals surface area contributed by atoms with Gasteiger partial charge < -0.3 is 35.4 Å². The predicted octanol–water partition coefficient (Wildman–Crippen LogP) is -3.01. The number of aliphatic hydroxyl groups is 6. The lowest BCUT2D eigenvalue weighted by Crippen LogP contribution is -2.28. The van der Waals surface area contributed by atoms with Gasteiger partial charge in [0.25, 0.3) is 0 Å². The van der Waals surface area contributed by atoms with Gasteiger partial charge in [-0.1, -0.05) is 6.92 Å². The zero-order valence-electron chi connectivity index (χ0n) is 10.3. The summed E-state index contributed by atoms with van der Waals surface area (Å²) >= 11 is 0. The second-order valence-corrected chi connectivity index (χ2v) is 3.41. The first-order valence-corrected chi connectivity index (χ1v) is 5.46. The third-order valence-electron chi connectivity index (χ3n) is 1.71. The van der Waals surface area contributed by atoms with Gasteiger partial charge in [0.2, 0.25) is 0 Å². The van der Waals surface area contributed by atoms with Gasteiger partial charge in [0.05, 0.1) is 19.8 Å². The number of carbonyl (C=O) groups is 1. The van der Waals surface area contributed by atoms with E-state index in [1.807, 2.05) is 0 Å². The molecule has 8 heteroatoms. The Hall–Kier alpha value is -0.770. The van der Waals surface area contributed by atoms with E-state index in [9.17, 15) is 4.79 Å². The highest BCUT2D eigenvalue weighted by atomic mass is 16.6. The predicted molar refractivity (Wildman–Crippen MR) is 60.5 cm³/mol. The maximum absolute atomic E-state index is 10.7. The smallest absolute Gasteiger partial charge is 0.335 e.